The Labute approximate surface area is 65.2 Å². The highest BCUT2D eigenvalue weighted by Crippen LogP contribution is 1.94. The molecule has 0 aromatic carbocycles. The first-order valence-corrected chi connectivity index (χ1v) is 2.97. The molecule has 1 aromatic heterocycles. The highest BCUT2D eigenvalue weighted by atomic mass is 35.5. The van der Waals surface area contributed by atoms with Crippen LogP contribution in [0.25, 0.3) is 0 Å². The third-order valence-corrected chi connectivity index (χ3v) is 1.04. The SMILES string of the molecule is CCc1noc(C[NH3+])n1.[Cl-]. The minimum absolute atomic E-state index is 0. The molecule has 58 valence electrons. The van der Waals surface area contributed by atoms with Gasteiger partial charge < -0.3 is 22.7 Å². The van der Waals surface area contributed by atoms with E-state index in [1.54, 1.807) is 0 Å². The topological polar surface area (TPSA) is 66.6 Å². The van der Waals surface area contributed by atoms with Crippen molar-refractivity contribution in [1.29, 1.82) is 0 Å². The summed E-state index contributed by atoms with van der Waals surface area (Å²) in [6.07, 6.45) is 0.823. The van der Waals surface area contributed by atoms with Crippen molar-refractivity contribution in [1.82, 2.24) is 10.1 Å². The number of hydrogen-bond donors (Lipinski definition) is 1. The fourth-order valence-electron chi connectivity index (χ4n) is 0.535. The molecule has 0 amide bonds. The summed E-state index contributed by atoms with van der Waals surface area (Å²) in [5.74, 6) is 1.38. The van der Waals surface area contributed by atoms with Gasteiger partial charge in [-0.2, -0.15) is 4.98 Å². The predicted molar refractivity (Wildman–Crippen MR) is 30.3 cm³/mol. The monoisotopic (exact) mass is 163 g/mol. The van der Waals surface area contributed by atoms with Crippen molar-refractivity contribution in [2.75, 3.05) is 0 Å². The van der Waals surface area contributed by atoms with Gasteiger partial charge >= 0.3 is 0 Å². The Balaban J connectivity index is 0.000000810. The standard InChI is InChI=1S/C5H9N3O.ClH/c1-2-4-7-5(3-6)9-8-4;/h2-3,6H2,1H3;1H. The Bertz CT molecular complexity index is 170. The van der Waals surface area contributed by atoms with Crippen molar-refractivity contribution in [3.8, 4) is 0 Å². The van der Waals surface area contributed by atoms with E-state index in [0.29, 0.717) is 12.4 Å². The van der Waals surface area contributed by atoms with Crippen molar-refractivity contribution in [3.63, 3.8) is 0 Å². The lowest BCUT2D eigenvalue weighted by atomic mass is 10.5. The largest absolute Gasteiger partial charge is 1.00 e. The summed E-state index contributed by atoms with van der Waals surface area (Å²) < 4.78 is 4.78. The molecule has 1 heterocycles. The van der Waals surface area contributed by atoms with E-state index in [1.165, 1.54) is 0 Å². The molecule has 0 bridgehead atoms. The van der Waals surface area contributed by atoms with Crippen molar-refractivity contribution < 1.29 is 22.7 Å². The van der Waals surface area contributed by atoms with Crippen molar-refractivity contribution in [2.24, 2.45) is 0 Å². The van der Waals surface area contributed by atoms with Crippen molar-refractivity contribution >= 4 is 0 Å². The van der Waals surface area contributed by atoms with Crippen LogP contribution in [0.4, 0.5) is 0 Å². The van der Waals surface area contributed by atoms with Crippen LogP contribution in [0.3, 0.4) is 0 Å². The van der Waals surface area contributed by atoms with Crippen LogP contribution in [0.5, 0.6) is 0 Å². The predicted octanol–water partition coefficient (Wildman–Crippen LogP) is -3.62. The van der Waals surface area contributed by atoms with Crippen LogP contribution in [-0.2, 0) is 13.0 Å². The average Bonchev–Trinajstić information content (AvgIpc) is 2.34. The molecule has 0 aliphatic heterocycles. The second kappa shape index (κ2) is 4.24. The number of aromatic nitrogens is 2. The molecule has 0 spiro atoms. The van der Waals surface area contributed by atoms with Crippen LogP contribution in [0.15, 0.2) is 4.52 Å². The first-order valence-electron chi connectivity index (χ1n) is 2.97. The van der Waals surface area contributed by atoms with E-state index in [4.69, 9.17) is 4.52 Å². The molecule has 0 radical (unpaired) electrons. The van der Waals surface area contributed by atoms with E-state index in [0.717, 1.165) is 12.2 Å². The van der Waals surface area contributed by atoms with E-state index < -0.39 is 0 Å². The third-order valence-electron chi connectivity index (χ3n) is 1.04. The molecule has 5 heteroatoms. The molecule has 1 rings (SSSR count). The van der Waals surface area contributed by atoms with E-state index in [1.807, 2.05) is 6.92 Å². The highest BCUT2D eigenvalue weighted by Gasteiger charge is 2.01. The van der Waals surface area contributed by atoms with E-state index in [-0.39, 0.29) is 12.4 Å². The number of quaternary nitrogens is 1. The van der Waals surface area contributed by atoms with Gasteiger partial charge in [0.05, 0.1) is 0 Å². The average molecular weight is 164 g/mol. The number of nitrogens with zero attached hydrogens (tertiary/aromatic N) is 2. The van der Waals surface area contributed by atoms with Gasteiger partial charge in [-0.15, -0.1) is 0 Å². The van der Waals surface area contributed by atoms with Gasteiger partial charge in [-0.25, -0.2) is 0 Å². The lowest BCUT2D eigenvalue weighted by Gasteiger charge is -1.75. The number of aryl methyl sites for hydroxylation is 1. The van der Waals surface area contributed by atoms with E-state index >= 15 is 0 Å². The highest BCUT2D eigenvalue weighted by molar-refractivity contribution is 4.82. The molecule has 3 N–H and O–H groups in total. The van der Waals surface area contributed by atoms with Gasteiger partial charge in [0.2, 0.25) is 0 Å². The Hall–Kier alpha value is -0.610. The normalized spacial score (nSPS) is 9.00. The van der Waals surface area contributed by atoms with Gasteiger partial charge in [0.1, 0.15) is 0 Å². The third kappa shape index (κ3) is 1.97. The molecule has 0 atom stereocenters. The molecule has 0 aliphatic carbocycles. The molecular weight excluding hydrogens is 154 g/mol. The van der Waals surface area contributed by atoms with Crippen LogP contribution < -0.4 is 18.1 Å². The summed E-state index contributed by atoms with van der Waals surface area (Å²) in [6, 6.07) is 0. The lowest BCUT2D eigenvalue weighted by molar-refractivity contribution is -0.391. The summed E-state index contributed by atoms with van der Waals surface area (Å²) in [4.78, 5) is 4.01. The molecule has 4 nitrogen and oxygen atoms in total. The Kier molecular flexibility index (Phi) is 3.99. The minimum atomic E-state index is 0. The molecule has 10 heavy (non-hydrogen) atoms. The van der Waals surface area contributed by atoms with Gasteiger partial charge in [-0.1, -0.05) is 12.1 Å². The zero-order chi connectivity index (χ0) is 6.69. The number of halogens is 1. The van der Waals surface area contributed by atoms with Crippen LogP contribution >= 0.6 is 0 Å². The first kappa shape index (κ1) is 9.39. The molecule has 0 aliphatic rings. The second-order valence-electron chi connectivity index (χ2n) is 1.71. The van der Waals surface area contributed by atoms with Crippen LogP contribution in [0, 0.1) is 0 Å². The Morgan fingerprint density at radius 3 is 2.60 bits per heavy atom. The minimum Gasteiger partial charge on any atom is -1.00 e. The zero-order valence-electron chi connectivity index (χ0n) is 5.80. The van der Waals surface area contributed by atoms with Gasteiger partial charge in [0.15, 0.2) is 12.4 Å². The summed E-state index contributed by atoms with van der Waals surface area (Å²) in [5.41, 5.74) is 3.61. The van der Waals surface area contributed by atoms with Gasteiger partial charge in [-0.3, -0.25) is 0 Å². The maximum Gasteiger partial charge on any atom is 0.281 e. The smallest absolute Gasteiger partial charge is 0.281 e. The summed E-state index contributed by atoms with van der Waals surface area (Å²) in [7, 11) is 0. The Morgan fingerprint density at radius 1 is 1.60 bits per heavy atom. The van der Waals surface area contributed by atoms with Crippen LogP contribution in [-0.4, -0.2) is 10.1 Å². The van der Waals surface area contributed by atoms with Crippen molar-refractivity contribution in [3.05, 3.63) is 11.7 Å². The van der Waals surface area contributed by atoms with Gasteiger partial charge in [0, 0.05) is 6.42 Å². The number of hydrogen-bond acceptors (Lipinski definition) is 3. The van der Waals surface area contributed by atoms with E-state index in [9.17, 15) is 0 Å². The van der Waals surface area contributed by atoms with Gasteiger partial charge in [-0.05, 0) is 0 Å². The maximum absolute atomic E-state index is 4.78. The molecule has 1 aromatic rings. The molecule has 0 saturated heterocycles. The molecule has 0 fully saturated rings. The summed E-state index contributed by atoms with van der Waals surface area (Å²) >= 11 is 0. The fraction of sp³-hybridized carbons (Fsp3) is 0.600. The maximum atomic E-state index is 4.78. The summed E-state index contributed by atoms with van der Waals surface area (Å²) in [5, 5.41) is 3.68. The molecular formula is C5H10ClN3O. The molecule has 0 unspecified atom stereocenters. The Morgan fingerprint density at radius 2 is 2.30 bits per heavy atom. The quantitative estimate of drug-likeness (QED) is 0.490. The second-order valence-corrected chi connectivity index (χ2v) is 1.71. The van der Waals surface area contributed by atoms with Gasteiger partial charge in [0.25, 0.3) is 5.89 Å². The first-order chi connectivity index (χ1) is 4.36. The molecule has 0 saturated carbocycles. The lowest BCUT2D eigenvalue weighted by Crippen LogP contribution is -3.00. The van der Waals surface area contributed by atoms with Crippen LogP contribution in [0.2, 0.25) is 0 Å². The summed E-state index contributed by atoms with van der Waals surface area (Å²) in [6.45, 7) is 2.56. The zero-order valence-corrected chi connectivity index (χ0v) is 6.56. The van der Waals surface area contributed by atoms with E-state index in [2.05, 4.69) is 15.9 Å². The number of rotatable bonds is 2. The fourth-order valence-corrected chi connectivity index (χ4v) is 0.535. The van der Waals surface area contributed by atoms with Crippen LogP contribution in [0.1, 0.15) is 18.6 Å². The van der Waals surface area contributed by atoms with Crippen molar-refractivity contribution in [2.45, 2.75) is 19.9 Å².